The van der Waals surface area contributed by atoms with E-state index in [0.29, 0.717) is 5.92 Å². The van der Waals surface area contributed by atoms with Crippen molar-refractivity contribution in [2.24, 2.45) is 5.92 Å². The van der Waals surface area contributed by atoms with E-state index < -0.39 is 0 Å². The van der Waals surface area contributed by atoms with Crippen LogP contribution in [0.5, 0.6) is 0 Å². The summed E-state index contributed by atoms with van der Waals surface area (Å²) in [6.07, 6.45) is 9.91. The van der Waals surface area contributed by atoms with Gasteiger partial charge in [-0.25, -0.2) is 0 Å². The molecule has 0 heterocycles. The minimum atomic E-state index is 0.422. The molecule has 2 aromatic carbocycles. The van der Waals surface area contributed by atoms with Gasteiger partial charge in [-0.15, -0.1) is 0 Å². The minimum absolute atomic E-state index is 0.422. The number of rotatable bonds is 4. The standard InChI is InChI=1S/C21H20/c1-2-20(17-11-9-10-12-17)21(18-13-5-3-6-14-18)19-15-7-4-8-16-19/h3-17H,2H2,1H3. The van der Waals surface area contributed by atoms with Crippen molar-refractivity contribution < 1.29 is 0 Å². The van der Waals surface area contributed by atoms with Gasteiger partial charge in [0, 0.05) is 5.92 Å². The summed E-state index contributed by atoms with van der Waals surface area (Å²) in [5.74, 6) is 0.422. The fourth-order valence-electron chi connectivity index (χ4n) is 2.99. The molecule has 0 unspecified atom stereocenters. The molecule has 0 amide bonds. The molecule has 0 fully saturated rings. The van der Waals surface area contributed by atoms with Crippen LogP contribution in [0.2, 0.25) is 0 Å². The van der Waals surface area contributed by atoms with Crippen molar-refractivity contribution in [2.45, 2.75) is 13.3 Å². The fourth-order valence-corrected chi connectivity index (χ4v) is 2.99. The third kappa shape index (κ3) is 2.90. The first-order chi connectivity index (χ1) is 10.4. The van der Waals surface area contributed by atoms with Crippen LogP contribution in [0.4, 0.5) is 0 Å². The maximum absolute atomic E-state index is 2.28. The van der Waals surface area contributed by atoms with Gasteiger partial charge in [-0.05, 0) is 23.1 Å². The summed E-state index contributed by atoms with van der Waals surface area (Å²) >= 11 is 0. The predicted molar refractivity (Wildman–Crippen MR) is 91.0 cm³/mol. The Labute approximate surface area is 127 Å². The topological polar surface area (TPSA) is 0 Å². The van der Waals surface area contributed by atoms with Gasteiger partial charge in [-0.2, -0.15) is 0 Å². The van der Waals surface area contributed by atoms with Crippen LogP contribution in [-0.4, -0.2) is 0 Å². The highest BCUT2D eigenvalue weighted by atomic mass is 14.2. The molecule has 0 atom stereocenters. The summed E-state index contributed by atoms with van der Waals surface area (Å²) < 4.78 is 0. The Morgan fingerprint density at radius 2 is 1.24 bits per heavy atom. The van der Waals surface area contributed by atoms with E-state index in [1.54, 1.807) is 0 Å². The minimum Gasteiger partial charge on any atom is -0.0735 e. The van der Waals surface area contributed by atoms with Gasteiger partial charge in [0.25, 0.3) is 0 Å². The average Bonchev–Trinajstić information content (AvgIpc) is 3.08. The monoisotopic (exact) mass is 272 g/mol. The highest BCUT2D eigenvalue weighted by Crippen LogP contribution is 2.34. The van der Waals surface area contributed by atoms with Gasteiger partial charge in [0.2, 0.25) is 0 Å². The third-order valence-electron chi connectivity index (χ3n) is 3.98. The van der Waals surface area contributed by atoms with Crippen LogP contribution in [0.1, 0.15) is 24.5 Å². The van der Waals surface area contributed by atoms with Crippen LogP contribution >= 0.6 is 0 Å². The molecule has 0 saturated heterocycles. The lowest BCUT2D eigenvalue weighted by atomic mass is 9.86. The van der Waals surface area contributed by atoms with Crippen molar-refractivity contribution in [3.8, 4) is 0 Å². The van der Waals surface area contributed by atoms with Crippen LogP contribution in [0, 0.1) is 5.92 Å². The van der Waals surface area contributed by atoms with Gasteiger partial charge >= 0.3 is 0 Å². The highest BCUT2D eigenvalue weighted by molar-refractivity contribution is 5.83. The van der Waals surface area contributed by atoms with E-state index in [1.165, 1.54) is 22.3 Å². The molecule has 0 heteroatoms. The molecule has 1 aliphatic carbocycles. The van der Waals surface area contributed by atoms with Crippen molar-refractivity contribution in [1.29, 1.82) is 0 Å². The van der Waals surface area contributed by atoms with Crippen molar-refractivity contribution in [3.05, 3.63) is 102 Å². The molecule has 0 nitrogen and oxygen atoms in total. The molecule has 104 valence electrons. The second-order valence-electron chi connectivity index (χ2n) is 5.28. The van der Waals surface area contributed by atoms with E-state index in [4.69, 9.17) is 0 Å². The number of hydrogen-bond acceptors (Lipinski definition) is 0. The van der Waals surface area contributed by atoms with Crippen LogP contribution < -0.4 is 0 Å². The first-order valence-corrected chi connectivity index (χ1v) is 7.59. The van der Waals surface area contributed by atoms with E-state index in [9.17, 15) is 0 Å². The molecular formula is C21H20. The predicted octanol–water partition coefficient (Wildman–Crippen LogP) is 5.64. The summed E-state index contributed by atoms with van der Waals surface area (Å²) in [6, 6.07) is 21.5. The highest BCUT2D eigenvalue weighted by Gasteiger charge is 2.16. The van der Waals surface area contributed by atoms with E-state index in [-0.39, 0.29) is 0 Å². The SMILES string of the molecule is CCC(=C(c1ccccc1)c1ccccc1)C1C=CC=C1. The van der Waals surface area contributed by atoms with Crippen LogP contribution in [0.3, 0.4) is 0 Å². The maximum atomic E-state index is 2.28. The van der Waals surface area contributed by atoms with Crippen LogP contribution in [0.15, 0.2) is 90.5 Å². The van der Waals surface area contributed by atoms with Crippen LogP contribution in [0.25, 0.3) is 5.57 Å². The van der Waals surface area contributed by atoms with Crippen LogP contribution in [-0.2, 0) is 0 Å². The smallest absolute Gasteiger partial charge is 0.0172 e. The molecular weight excluding hydrogens is 252 g/mol. The summed E-state index contributed by atoms with van der Waals surface area (Å²) in [4.78, 5) is 0. The zero-order valence-corrected chi connectivity index (χ0v) is 12.4. The second-order valence-corrected chi connectivity index (χ2v) is 5.28. The van der Waals surface area contributed by atoms with Gasteiger partial charge < -0.3 is 0 Å². The Kier molecular flexibility index (Phi) is 4.16. The van der Waals surface area contributed by atoms with E-state index in [0.717, 1.165) is 6.42 Å². The zero-order valence-electron chi connectivity index (χ0n) is 12.4. The van der Waals surface area contributed by atoms with Gasteiger partial charge in [-0.3, -0.25) is 0 Å². The van der Waals surface area contributed by atoms with Gasteiger partial charge in [0.15, 0.2) is 0 Å². The molecule has 21 heavy (non-hydrogen) atoms. The Balaban J connectivity index is 2.20. The largest absolute Gasteiger partial charge is 0.0735 e. The second kappa shape index (κ2) is 6.41. The molecule has 0 N–H and O–H groups in total. The van der Waals surface area contributed by atoms with E-state index in [1.807, 2.05) is 0 Å². The summed E-state index contributed by atoms with van der Waals surface area (Å²) in [5, 5.41) is 0. The van der Waals surface area contributed by atoms with Gasteiger partial charge in [0.05, 0.1) is 0 Å². The molecule has 0 aromatic heterocycles. The quantitative estimate of drug-likeness (QED) is 0.675. The molecule has 0 radical (unpaired) electrons. The number of benzene rings is 2. The molecule has 0 spiro atoms. The Morgan fingerprint density at radius 3 is 1.67 bits per heavy atom. The lowest BCUT2D eigenvalue weighted by molar-refractivity contribution is 0.902. The number of hydrogen-bond donors (Lipinski definition) is 0. The summed E-state index contributed by atoms with van der Waals surface area (Å²) in [6.45, 7) is 2.25. The van der Waals surface area contributed by atoms with Gasteiger partial charge in [-0.1, -0.05) is 97.5 Å². The van der Waals surface area contributed by atoms with Crippen molar-refractivity contribution in [3.63, 3.8) is 0 Å². The average molecular weight is 272 g/mol. The first kappa shape index (κ1) is 13.6. The van der Waals surface area contributed by atoms with Crippen molar-refractivity contribution >= 4 is 5.57 Å². The zero-order chi connectivity index (χ0) is 14.5. The molecule has 3 rings (SSSR count). The Morgan fingerprint density at radius 1 is 0.762 bits per heavy atom. The molecule has 0 bridgehead atoms. The number of allylic oxidation sites excluding steroid dienone is 5. The Hall–Kier alpha value is -2.34. The summed E-state index contributed by atoms with van der Waals surface area (Å²) in [7, 11) is 0. The summed E-state index contributed by atoms with van der Waals surface area (Å²) in [5.41, 5.74) is 5.46. The first-order valence-electron chi connectivity index (χ1n) is 7.59. The van der Waals surface area contributed by atoms with Crippen molar-refractivity contribution in [2.75, 3.05) is 0 Å². The molecule has 0 saturated carbocycles. The lowest BCUT2D eigenvalue weighted by Gasteiger charge is -2.18. The lowest BCUT2D eigenvalue weighted by Crippen LogP contribution is -2.01. The third-order valence-corrected chi connectivity index (χ3v) is 3.98. The Bertz CT molecular complexity index is 619. The maximum Gasteiger partial charge on any atom is 0.0172 e. The molecule has 1 aliphatic rings. The van der Waals surface area contributed by atoms with E-state index >= 15 is 0 Å². The molecule has 0 aliphatic heterocycles. The van der Waals surface area contributed by atoms with Crippen molar-refractivity contribution in [1.82, 2.24) is 0 Å². The fraction of sp³-hybridized carbons (Fsp3) is 0.143. The van der Waals surface area contributed by atoms with Gasteiger partial charge in [0.1, 0.15) is 0 Å². The normalized spacial score (nSPS) is 13.6. The van der Waals surface area contributed by atoms with E-state index in [2.05, 4.69) is 91.9 Å². The molecule has 2 aromatic rings.